The average molecular weight is 192 g/mol. The minimum atomic E-state index is -0.773. The van der Waals surface area contributed by atoms with Crippen molar-refractivity contribution in [1.29, 1.82) is 0 Å². The number of hydrogen-bond acceptors (Lipinski definition) is 1. The monoisotopic (exact) mass is 192 g/mol. The van der Waals surface area contributed by atoms with E-state index in [9.17, 15) is 4.79 Å². The number of benzene rings is 1. The van der Waals surface area contributed by atoms with Crippen molar-refractivity contribution in [3.63, 3.8) is 0 Å². The Kier molecular flexibility index (Phi) is 3.28. The summed E-state index contributed by atoms with van der Waals surface area (Å²) in [6.07, 6.45) is 0.115. The quantitative estimate of drug-likeness (QED) is 0.799. The lowest BCUT2D eigenvalue weighted by atomic mass is 9.97. The zero-order chi connectivity index (χ0) is 10.7. The molecule has 76 valence electrons. The Labute approximate surface area is 84.6 Å². The summed E-state index contributed by atoms with van der Waals surface area (Å²) in [5.41, 5.74) is 3.23. The molecule has 1 aromatic carbocycles. The van der Waals surface area contributed by atoms with E-state index in [2.05, 4.69) is 19.9 Å². The van der Waals surface area contributed by atoms with E-state index in [1.54, 1.807) is 0 Å². The number of aryl methyl sites for hydroxylation is 1. The third-order valence-corrected chi connectivity index (χ3v) is 2.37. The van der Waals surface area contributed by atoms with Crippen LogP contribution in [0.25, 0.3) is 0 Å². The standard InChI is InChI=1S/C12H16O2/c1-8(2)10-4-5-11(7-12(13)14)9(3)6-10/h4-6,8H,7H2,1-3H3,(H,13,14). The summed E-state index contributed by atoms with van der Waals surface area (Å²) in [6.45, 7) is 6.22. The Hall–Kier alpha value is -1.31. The predicted molar refractivity (Wildman–Crippen MR) is 56.6 cm³/mol. The Bertz CT molecular complexity index is 340. The lowest BCUT2D eigenvalue weighted by Gasteiger charge is -2.09. The molecule has 0 saturated heterocycles. The smallest absolute Gasteiger partial charge is 0.307 e. The topological polar surface area (TPSA) is 37.3 Å². The lowest BCUT2D eigenvalue weighted by molar-refractivity contribution is -0.136. The molecule has 0 heterocycles. The largest absolute Gasteiger partial charge is 0.481 e. The molecular formula is C12H16O2. The number of carbonyl (C=O) groups is 1. The van der Waals surface area contributed by atoms with E-state index in [1.807, 2.05) is 19.1 Å². The zero-order valence-corrected chi connectivity index (χ0v) is 8.87. The first-order valence-electron chi connectivity index (χ1n) is 4.82. The van der Waals surface area contributed by atoms with E-state index in [0.29, 0.717) is 5.92 Å². The van der Waals surface area contributed by atoms with Crippen molar-refractivity contribution >= 4 is 5.97 Å². The van der Waals surface area contributed by atoms with Gasteiger partial charge in [0.2, 0.25) is 0 Å². The average Bonchev–Trinajstić information content (AvgIpc) is 2.07. The van der Waals surface area contributed by atoms with Gasteiger partial charge in [0.05, 0.1) is 6.42 Å². The molecule has 0 aliphatic carbocycles. The third-order valence-electron chi connectivity index (χ3n) is 2.37. The van der Waals surface area contributed by atoms with Crippen LogP contribution in [0.2, 0.25) is 0 Å². The second kappa shape index (κ2) is 4.27. The fraction of sp³-hybridized carbons (Fsp3) is 0.417. The van der Waals surface area contributed by atoms with Crippen LogP contribution in [-0.2, 0) is 11.2 Å². The van der Waals surface area contributed by atoms with Crippen LogP contribution in [0.3, 0.4) is 0 Å². The van der Waals surface area contributed by atoms with Crippen LogP contribution in [0.5, 0.6) is 0 Å². The van der Waals surface area contributed by atoms with Crippen LogP contribution in [-0.4, -0.2) is 11.1 Å². The first-order chi connectivity index (χ1) is 6.50. The van der Waals surface area contributed by atoms with Gasteiger partial charge in [-0.05, 0) is 29.5 Å². The maximum atomic E-state index is 10.5. The molecular weight excluding hydrogens is 176 g/mol. The molecule has 0 radical (unpaired) electrons. The summed E-state index contributed by atoms with van der Waals surface area (Å²) in [7, 11) is 0. The van der Waals surface area contributed by atoms with Crippen molar-refractivity contribution in [3.8, 4) is 0 Å². The minimum Gasteiger partial charge on any atom is -0.481 e. The van der Waals surface area contributed by atoms with Crippen LogP contribution < -0.4 is 0 Å². The highest BCUT2D eigenvalue weighted by Gasteiger charge is 2.06. The van der Waals surface area contributed by atoms with Gasteiger partial charge in [0, 0.05) is 0 Å². The van der Waals surface area contributed by atoms with Crippen molar-refractivity contribution in [2.24, 2.45) is 0 Å². The summed E-state index contributed by atoms with van der Waals surface area (Å²) in [6, 6.07) is 6.00. The van der Waals surface area contributed by atoms with Crippen LogP contribution in [0.4, 0.5) is 0 Å². The van der Waals surface area contributed by atoms with E-state index in [4.69, 9.17) is 5.11 Å². The van der Waals surface area contributed by atoms with Crippen molar-refractivity contribution in [3.05, 3.63) is 34.9 Å². The van der Waals surface area contributed by atoms with Gasteiger partial charge in [0.15, 0.2) is 0 Å². The molecule has 0 amide bonds. The van der Waals surface area contributed by atoms with Crippen molar-refractivity contribution in [1.82, 2.24) is 0 Å². The summed E-state index contributed by atoms with van der Waals surface area (Å²) in [4.78, 5) is 10.5. The molecule has 1 aromatic rings. The second-order valence-corrected chi connectivity index (χ2v) is 3.91. The van der Waals surface area contributed by atoms with Crippen molar-refractivity contribution < 1.29 is 9.90 Å². The van der Waals surface area contributed by atoms with Gasteiger partial charge in [-0.3, -0.25) is 4.79 Å². The number of carboxylic acid groups (broad SMARTS) is 1. The predicted octanol–water partition coefficient (Wildman–Crippen LogP) is 2.75. The lowest BCUT2D eigenvalue weighted by Crippen LogP contribution is -2.02. The maximum absolute atomic E-state index is 10.5. The highest BCUT2D eigenvalue weighted by Crippen LogP contribution is 2.18. The molecule has 0 spiro atoms. The second-order valence-electron chi connectivity index (χ2n) is 3.91. The van der Waals surface area contributed by atoms with Gasteiger partial charge in [0.25, 0.3) is 0 Å². The molecule has 2 nitrogen and oxygen atoms in total. The number of carboxylic acids is 1. The SMILES string of the molecule is Cc1cc(C(C)C)ccc1CC(=O)O. The Morgan fingerprint density at radius 1 is 1.43 bits per heavy atom. The maximum Gasteiger partial charge on any atom is 0.307 e. The van der Waals surface area contributed by atoms with E-state index >= 15 is 0 Å². The first kappa shape index (κ1) is 10.8. The molecule has 0 atom stereocenters. The van der Waals surface area contributed by atoms with Crippen molar-refractivity contribution in [2.45, 2.75) is 33.1 Å². The van der Waals surface area contributed by atoms with Gasteiger partial charge in [-0.1, -0.05) is 32.0 Å². The fourth-order valence-corrected chi connectivity index (χ4v) is 1.44. The van der Waals surface area contributed by atoms with Gasteiger partial charge < -0.3 is 5.11 Å². The van der Waals surface area contributed by atoms with Crippen LogP contribution in [0.15, 0.2) is 18.2 Å². The summed E-state index contributed by atoms with van der Waals surface area (Å²) < 4.78 is 0. The summed E-state index contributed by atoms with van der Waals surface area (Å²) >= 11 is 0. The van der Waals surface area contributed by atoms with Crippen LogP contribution in [0, 0.1) is 6.92 Å². The highest BCUT2D eigenvalue weighted by molar-refractivity contribution is 5.70. The molecule has 14 heavy (non-hydrogen) atoms. The van der Waals surface area contributed by atoms with Gasteiger partial charge in [-0.2, -0.15) is 0 Å². The van der Waals surface area contributed by atoms with E-state index < -0.39 is 5.97 Å². The Morgan fingerprint density at radius 3 is 2.50 bits per heavy atom. The van der Waals surface area contributed by atoms with E-state index in [-0.39, 0.29) is 6.42 Å². The number of hydrogen-bond donors (Lipinski definition) is 1. The molecule has 0 aromatic heterocycles. The molecule has 0 aliphatic heterocycles. The number of aliphatic carboxylic acids is 1. The van der Waals surface area contributed by atoms with Crippen LogP contribution in [0.1, 0.15) is 36.5 Å². The van der Waals surface area contributed by atoms with Crippen LogP contribution >= 0.6 is 0 Å². The zero-order valence-electron chi connectivity index (χ0n) is 8.87. The number of rotatable bonds is 3. The normalized spacial score (nSPS) is 10.6. The summed E-state index contributed by atoms with van der Waals surface area (Å²) in [5, 5.41) is 8.67. The molecule has 0 bridgehead atoms. The van der Waals surface area contributed by atoms with E-state index in [0.717, 1.165) is 11.1 Å². The molecule has 0 saturated carbocycles. The van der Waals surface area contributed by atoms with Gasteiger partial charge in [-0.15, -0.1) is 0 Å². The van der Waals surface area contributed by atoms with Gasteiger partial charge in [-0.25, -0.2) is 0 Å². The van der Waals surface area contributed by atoms with Gasteiger partial charge >= 0.3 is 5.97 Å². The van der Waals surface area contributed by atoms with Gasteiger partial charge in [0.1, 0.15) is 0 Å². The Balaban J connectivity index is 2.95. The minimum absolute atomic E-state index is 0.115. The molecule has 1 rings (SSSR count). The Morgan fingerprint density at radius 2 is 2.07 bits per heavy atom. The third kappa shape index (κ3) is 2.59. The molecule has 0 unspecified atom stereocenters. The molecule has 2 heteroatoms. The molecule has 1 N–H and O–H groups in total. The molecule has 0 aliphatic rings. The first-order valence-corrected chi connectivity index (χ1v) is 4.82. The summed E-state index contributed by atoms with van der Waals surface area (Å²) in [5.74, 6) is -0.280. The molecule has 0 fully saturated rings. The van der Waals surface area contributed by atoms with E-state index in [1.165, 1.54) is 5.56 Å². The highest BCUT2D eigenvalue weighted by atomic mass is 16.4. The fourth-order valence-electron chi connectivity index (χ4n) is 1.44. The van der Waals surface area contributed by atoms with Crippen molar-refractivity contribution in [2.75, 3.05) is 0 Å².